The summed E-state index contributed by atoms with van der Waals surface area (Å²) in [5.74, 6) is -1.83. The quantitative estimate of drug-likeness (QED) is 0.276. The van der Waals surface area contributed by atoms with E-state index in [-0.39, 0.29) is 43.2 Å². The van der Waals surface area contributed by atoms with Crippen LogP contribution in [0.5, 0.6) is 0 Å². The summed E-state index contributed by atoms with van der Waals surface area (Å²) in [7, 11) is -3.43. The van der Waals surface area contributed by atoms with Crippen molar-refractivity contribution in [3.8, 4) is 0 Å². The molecule has 244 valence electrons. The van der Waals surface area contributed by atoms with Crippen LogP contribution in [0.1, 0.15) is 72.5 Å². The van der Waals surface area contributed by atoms with Crippen molar-refractivity contribution in [1.29, 1.82) is 0 Å². The lowest BCUT2D eigenvalue weighted by Crippen LogP contribution is -2.47. The molecule has 1 aliphatic rings. The minimum atomic E-state index is -5.21. The monoisotopic (exact) mass is 651 g/mol. The number of ether oxygens (including phenoxy) is 1. The SMILES string of the molecule is CCCCN(C(=O)OC)C1CCC(CN(Cc2ccccc2)S(=O)(=O)NC(=O)c2cc(C(F)(F)F)cc(C(F)(F)F)c2)CC1. The number of hydrogen-bond acceptors (Lipinski definition) is 5. The number of alkyl halides is 6. The summed E-state index contributed by atoms with van der Waals surface area (Å²) >= 11 is 0. The van der Waals surface area contributed by atoms with Gasteiger partial charge in [-0.1, -0.05) is 43.7 Å². The molecule has 3 rings (SSSR count). The maximum absolute atomic E-state index is 13.5. The van der Waals surface area contributed by atoms with Crippen LogP contribution < -0.4 is 4.72 Å². The van der Waals surface area contributed by atoms with E-state index in [1.807, 2.05) is 6.92 Å². The second-order valence-corrected chi connectivity index (χ2v) is 12.4. The van der Waals surface area contributed by atoms with E-state index in [0.717, 1.165) is 17.1 Å². The number of rotatable bonds is 11. The van der Waals surface area contributed by atoms with E-state index in [1.165, 1.54) is 7.11 Å². The van der Waals surface area contributed by atoms with Crippen LogP contribution in [0.15, 0.2) is 48.5 Å². The Morgan fingerprint density at radius 1 is 0.932 bits per heavy atom. The molecule has 15 heteroatoms. The molecular formula is C29H35F6N3O5S. The first-order chi connectivity index (χ1) is 20.5. The minimum absolute atomic E-state index is 0.0756. The molecule has 0 bridgehead atoms. The van der Waals surface area contributed by atoms with Gasteiger partial charge in [-0.05, 0) is 61.8 Å². The van der Waals surface area contributed by atoms with Gasteiger partial charge in [0.25, 0.3) is 5.91 Å². The molecule has 1 fully saturated rings. The molecule has 0 saturated heterocycles. The van der Waals surface area contributed by atoms with Gasteiger partial charge in [0.05, 0.1) is 18.2 Å². The molecule has 44 heavy (non-hydrogen) atoms. The number of nitrogens with zero attached hydrogens (tertiary/aromatic N) is 2. The highest BCUT2D eigenvalue weighted by Crippen LogP contribution is 2.36. The molecule has 0 spiro atoms. The molecule has 1 N–H and O–H groups in total. The first kappa shape index (κ1) is 35.2. The minimum Gasteiger partial charge on any atom is -0.453 e. The number of halogens is 6. The van der Waals surface area contributed by atoms with Crippen LogP contribution in [-0.4, -0.2) is 55.9 Å². The summed E-state index contributed by atoms with van der Waals surface area (Å²) < 4.78 is 114. The van der Waals surface area contributed by atoms with Crippen molar-refractivity contribution in [1.82, 2.24) is 13.9 Å². The maximum atomic E-state index is 13.5. The highest BCUT2D eigenvalue weighted by Gasteiger charge is 2.38. The zero-order chi connectivity index (χ0) is 32.7. The third-order valence-corrected chi connectivity index (χ3v) is 8.90. The van der Waals surface area contributed by atoms with Crippen molar-refractivity contribution >= 4 is 22.2 Å². The first-order valence-electron chi connectivity index (χ1n) is 14.0. The number of unbranched alkanes of at least 4 members (excludes halogenated alkanes) is 1. The molecule has 0 heterocycles. The number of hydrogen-bond donors (Lipinski definition) is 1. The van der Waals surface area contributed by atoms with Crippen molar-refractivity contribution in [3.63, 3.8) is 0 Å². The molecule has 2 amide bonds. The molecule has 0 radical (unpaired) electrons. The average Bonchev–Trinajstić information content (AvgIpc) is 2.96. The summed E-state index contributed by atoms with van der Waals surface area (Å²) in [6.07, 6.45) is -7.02. The van der Waals surface area contributed by atoms with Gasteiger partial charge in [0, 0.05) is 31.2 Å². The van der Waals surface area contributed by atoms with E-state index in [4.69, 9.17) is 4.74 Å². The number of benzene rings is 2. The topological polar surface area (TPSA) is 96.0 Å². The van der Waals surface area contributed by atoms with Gasteiger partial charge in [0.15, 0.2) is 0 Å². The predicted molar refractivity (Wildman–Crippen MR) is 149 cm³/mol. The summed E-state index contributed by atoms with van der Waals surface area (Å²) in [5.41, 5.74) is -4.04. The lowest BCUT2D eigenvalue weighted by molar-refractivity contribution is -0.143. The van der Waals surface area contributed by atoms with E-state index in [0.29, 0.717) is 37.8 Å². The largest absolute Gasteiger partial charge is 0.453 e. The second-order valence-electron chi connectivity index (χ2n) is 10.7. The Hall–Kier alpha value is -3.33. The Labute approximate surface area is 252 Å². The van der Waals surface area contributed by atoms with E-state index in [1.54, 1.807) is 40.0 Å². The lowest BCUT2D eigenvalue weighted by atomic mass is 9.85. The highest BCUT2D eigenvalue weighted by molar-refractivity contribution is 7.87. The third kappa shape index (κ3) is 9.58. The first-order valence-corrected chi connectivity index (χ1v) is 15.5. The Morgan fingerprint density at radius 3 is 2.00 bits per heavy atom. The van der Waals surface area contributed by atoms with Crippen LogP contribution in [0, 0.1) is 5.92 Å². The fraction of sp³-hybridized carbons (Fsp3) is 0.517. The van der Waals surface area contributed by atoms with Crippen molar-refractivity contribution in [3.05, 3.63) is 70.8 Å². The van der Waals surface area contributed by atoms with Crippen molar-refractivity contribution < 1.29 is 49.1 Å². The Bertz CT molecular complexity index is 1350. The van der Waals surface area contributed by atoms with Crippen LogP contribution >= 0.6 is 0 Å². The number of carbonyl (C=O) groups excluding carboxylic acids is 2. The number of nitrogens with one attached hydrogen (secondary N) is 1. The van der Waals surface area contributed by atoms with Crippen LogP contribution in [-0.2, 0) is 33.8 Å². The zero-order valence-corrected chi connectivity index (χ0v) is 25.1. The van der Waals surface area contributed by atoms with Crippen molar-refractivity contribution in [2.75, 3.05) is 20.2 Å². The van der Waals surface area contributed by atoms with Crippen LogP contribution in [0.25, 0.3) is 0 Å². The molecule has 0 unspecified atom stereocenters. The van der Waals surface area contributed by atoms with Gasteiger partial charge in [0.2, 0.25) is 0 Å². The van der Waals surface area contributed by atoms with Gasteiger partial charge in [-0.2, -0.15) is 39.1 Å². The smallest absolute Gasteiger partial charge is 0.416 e. The van der Waals surface area contributed by atoms with Crippen LogP contribution in [0.4, 0.5) is 31.1 Å². The second kappa shape index (κ2) is 14.6. The number of methoxy groups -OCH3 is 1. The Kier molecular flexibility index (Phi) is 11.7. The summed E-state index contributed by atoms with van der Waals surface area (Å²) in [6, 6.07) is 8.44. The lowest BCUT2D eigenvalue weighted by Gasteiger charge is -2.37. The molecule has 0 aromatic heterocycles. The van der Waals surface area contributed by atoms with Gasteiger partial charge in [-0.15, -0.1) is 0 Å². The van der Waals surface area contributed by atoms with E-state index < -0.39 is 51.3 Å². The Morgan fingerprint density at radius 2 is 1.50 bits per heavy atom. The fourth-order valence-electron chi connectivity index (χ4n) is 5.16. The van der Waals surface area contributed by atoms with Crippen molar-refractivity contribution in [2.45, 2.75) is 70.4 Å². The average molecular weight is 652 g/mol. The zero-order valence-electron chi connectivity index (χ0n) is 24.2. The molecule has 1 saturated carbocycles. The highest BCUT2D eigenvalue weighted by atomic mass is 32.2. The molecule has 0 atom stereocenters. The van der Waals surface area contributed by atoms with Gasteiger partial charge >= 0.3 is 28.7 Å². The molecule has 0 aliphatic heterocycles. The van der Waals surface area contributed by atoms with Gasteiger partial charge in [-0.3, -0.25) is 4.79 Å². The molecule has 2 aromatic carbocycles. The van der Waals surface area contributed by atoms with Crippen LogP contribution in [0.2, 0.25) is 0 Å². The third-order valence-electron chi connectivity index (χ3n) is 7.49. The molecular weight excluding hydrogens is 616 g/mol. The predicted octanol–water partition coefficient (Wildman–Crippen LogP) is 6.63. The standard InChI is InChI=1S/C29H35F6N3O5S/c1-3-4-14-38(27(40)43-2)25-12-10-21(11-13-25)19-37(18-20-8-6-5-7-9-20)44(41,42)36-26(39)22-15-23(28(30,31)32)17-24(16-22)29(33,34)35/h5-9,15-17,21,25H,3-4,10-14,18-19H2,1-2H3,(H,36,39). The van der Waals surface area contributed by atoms with E-state index in [9.17, 15) is 44.3 Å². The van der Waals surface area contributed by atoms with Crippen molar-refractivity contribution in [2.24, 2.45) is 5.92 Å². The number of carbonyl (C=O) groups is 2. The molecule has 1 aliphatic carbocycles. The van der Waals surface area contributed by atoms with Gasteiger partial charge < -0.3 is 9.64 Å². The fourth-order valence-corrected chi connectivity index (χ4v) is 6.36. The van der Waals surface area contributed by atoms with Gasteiger partial charge in [0.1, 0.15) is 0 Å². The normalized spacial score (nSPS) is 17.8. The maximum Gasteiger partial charge on any atom is 0.416 e. The van der Waals surface area contributed by atoms with E-state index in [2.05, 4.69) is 0 Å². The van der Waals surface area contributed by atoms with Crippen LogP contribution in [0.3, 0.4) is 0 Å². The molecule has 2 aromatic rings. The molecule has 8 nitrogen and oxygen atoms in total. The summed E-state index contributed by atoms with van der Waals surface area (Å²) in [6.45, 7) is 2.23. The van der Waals surface area contributed by atoms with Gasteiger partial charge in [-0.25, -0.2) is 9.52 Å². The Balaban J connectivity index is 1.83. The van der Waals surface area contributed by atoms with E-state index >= 15 is 0 Å². The summed E-state index contributed by atoms with van der Waals surface area (Å²) in [4.78, 5) is 26.9. The number of amides is 2. The summed E-state index contributed by atoms with van der Waals surface area (Å²) in [5, 5.41) is 0.